The van der Waals surface area contributed by atoms with Gasteiger partial charge in [0.1, 0.15) is 0 Å². The summed E-state index contributed by atoms with van der Waals surface area (Å²) in [7, 11) is 0. The highest BCUT2D eigenvalue weighted by atomic mass is 35.5. The van der Waals surface area contributed by atoms with Crippen LogP contribution in [-0.2, 0) is 12.2 Å². The van der Waals surface area contributed by atoms with Gasteiger partial charge in [0.05, 0.1) is 0 Å². The third kappa shape index (κ3) is 4.81. The number of hydrogen-bond acceptors (Lipinski definition) is 2. The Morgan fingerprint density at radius 2 is 1.74 bits per heavy atom. The summed E-state index contributed by atoms with van der Waals surface area (Å²) in [6, 6.07) is 16.2. The maximum Gasteiger partial charge on any atom is 0.0446 e. The Hall–Kier alpha value is -1.12. The average Bonchev–Trinajstić information content (AvgIpc) is 2.42. The van der Waals surface area contributed by atoms with Gasteiger partial charge in [0.2, 0.25) is 0 Å². The van der Waals surface area contributed by atoms with Gasteiger partial charge in [-0.05, 0) is 47.9 Å². The molecule has 0 aromatic heterocycles. The van der Waals surface area contributed by atoms with Crippen LogP contribution in [-0.4, -0.2) is 5.75 Å². The van der Waals surface area contributed by atoms with Crippen LogP contribution in [0.15, 0.2) is 48.5 Å². The van der Waals surface area contributed by atoms with E-state index in [2.05, 4.69) is 18.2 Å². The van der Waals surface area contributed by atoms with E-state index in [1.807, 2.05) is 42.1 Å². The smallest absolute Gasteiger partial charge is 0.0446 e. The molecule has 0 spiro atoms. The number of halogens is 1. The summed E-state index contributed by atoms with van der Waals surface area (Å²) in [6.07, 6.45) is 2.29. The summed E-state index contributed by atoms with van der Waals surface area (Å²) < 4.78 is 0. The van der Waals surface area contributed by atoms with Gasteiger partial charge in [-0.3, -0.25) is 0 Å². The molecule has 19 heavy (non-hydrogen) atoms. The van der Waals surface area contributed by atoms with E-state index in [0.29, 0.717) is 0 Å². The van der Waals surface area contributed by atoms with Crippen LogP contribution in [0.1, 0.15) is 17.5 Å². The fourth-order valence-corrected chi connectivity index (χ4v) is 3.11. The van der Waals surface area contributed by atoms with Crippen molar-refractivity contribution in [3.05, 3.63) is 64.7 Å². The highest BCUT2D eigenvalue weighted by molar-refractivity contribution is 7.98. The monoisotopic (exact) mass is 291 g/mol. The van der Waals surface area contributed by atoms with Gasteiger partial charge in [-0.25, -0.2) is 0 Å². The molecule has 100 valence electrons. The van der Waals surface area contributed by atoms with Crippen molar-refractivity contribution in [2.75, 3.05) is 11.5 Å². The zero-order valence-electron chi connectivity index (χ0n) is 10.8. The Kier molecular flexibility index (Phi) is 5.62. The van der Waals surface area contributed by atoms with Gasteiger partial charge in [-0.2, -0.15) is 11.8 Å². The molecule has 2 aromatic carbocycles. The molecule has 2 aromatic rings. The van der Waals surface area contributed by atoms with Crippen molar-refractivity contribution in [3.63, 3.8) is 0 Å². The Morgan fingerprint density at radius 3 is 2.47 bits per heavy atom. The topological polar surface area (TPSA) is 26.0 Å². The molecule has 1 nitrogen and oxygen atoms in total. The standard InChI is InChI=1S/C16H18ClNS/c17-16-6-2-1-5-14(16)12-19-11-3-4-13-7-9-15(18)10-8-13/h1-2,5-10H,3-4,11-12,18H2. The number of rotatable bonds is 6. The van der Waals surface area contributed by atoms with Crippen LogP contribution in [0, 0.1) is 0 Å². The van der Waals surface area contributed by atoms with Gasteiger partial charge < -0.3 is 5.73 Å². The number of benzene rings is 2. The second-order valence-electron chi connectivity index (χ2n) is 4.49. The molecule has 2 rings (SSSR count). The minimum Gasteiger partial charge on any atom is -0.399 e. The van der Waals surface area contributed by atoms with E-state index in [1.165, 1.54) is 17.5 Å². The van der Waals surface area contributed by atoms with Crippen molar-refractivity contribution in [1.82, 2.24) is 0 Å². The largest absolute Gasteiger partial charge is 0.399 e. The molecule has 0 amide bonds. The normalized spacial score (nSPS) is 10.6. The highest BCUT2D eigenvalue weighted by Crippen LogP contribution is 2.21. The summed E-state index contributed by atoms with van der Waals surface area (Å²) in [5.74, 6) is 2.14. The van der Waals surface area contributed by atoms with Crippen molar-refractivity contribution >= 4 is 29.1 Å². The molecule has 0 aliphatic rings. The van der Waals surface area contributed by atoms with Crippen LogP contribution in [0.3, 0.4) is 0 Å². The quantitative estimate of drug-likeness (QED) is 0.612. The second-order valence-corrected chi connectivity index (χ2v) is 6.00. The molecule has 0 fully saturated rings. The van der Waals surface area contributed by atoms with Gasteiger partial charge in [-0.15, -0.1) is 0 Å². The van der Waals surface area contributed by atoms with Crippen molar-refractivity contribution in [2.24, 2.45) is 0 Å². The molecule has 0 aliphatic heterocycles. The summed E-state index contributed by atoms with van der Waals surface area (Å²) in [6.45, 7) is 0. The van der Waals surface area contributed by atoms with Gasteiger partial charge in [0.15, 0.2) is 0 Å². The van der Waals surface area contributed by atoms with Crippen LogP contribution in [0.25, 0.3) is 0 Å². The van der Waals surface area contributed by atoms with E-state index in [9.17, 15) is 0 Å². The number of hydrogen-bond donors (Lipinski definition) is 1. The predicted octanol–water partition coefficient (Wildman–Crippen LogP) is 4.79. The fraction of sp³-hybridized carbons (Fsp3) is 0.250. The molecule has 0 unspecified atom stereocenters. The molecule has 0 heterocycles. The second kappa shape index (κ2) is 7.46. The first kappa shape index (κ1) is 14.3. The molecule has 2 N–H and O–H groups in total. The molecule has 0 bridgehead atoms. The predicted molar refractivity (Wildman–Crippen MR) is 86.8 cm³/mol. The van der Waals surface area contributed by atoms with Crippen LogP contribution in [0.5, 0.6) is 0 Å². The Labute approximate surface area is 124 Å². The lowest BCUT2D eigenvalue weighted by molar-refractivity contribution is 0.933. The maximum atomic E-state index is 6.12. The molecular weight excluding hydrogens is 274 g/mol. The minimum atomic E-state index is 0.830. The zero-order chi connectivity index (χ0) is 13.5. The number of nitrogen functional groups attached to an aromatic ring is 1. The van der Waals surface area contributed by atoms with Crippen LogP contribution >= 0.6 is 23.4 Å². The summed E-state index contributed by atoms with van der Waals surface area (Å²) >= 11 is 8.06. The molecular formula is C16H18ClNS. The van der Waals surface area contributed by atoms with Crippen molar-refractivity contribution in [3.8, 4) is 0 Å². The average molecular weight is 292 g/mol. The Bertz CT molecular complexity index is 510. The van der Waals surface area contributed by atoms with Gasteiger partial charge >= 0.3 is 0 Å². The van der Waals surface area contributed by atoms with Crippen LogP contribution in [0.2, 0.25) is 5.02 Å². The summed E-state index contributed by atoms with van der Waals surface area (Å²) in [5, 5.41) is 0.869. The lowest BCUT2D eigenvalue weighted by Gasteiger charge is -2.04. The van der Waals surface area contributed by atoms with E-state index >= 15 is 0 Å². The summed E-state index contributed by atoms with van der Waals surface area (Å²) in [4.78, 5) is 0. The molecule has 3 heteroatoms. The molecule has 0 radical (unpaired) electrons. The fourth-order valence-electron chi connectivity index (χ4n) is 1.86. The lowest BCUT2D eigenvalue weighted by Crippen LogP contribution is -1.90. The lowest BCUT2D eigenvalue weighted by atomic mass is 10.1. The minimum absolute atomic E-state index is 0.830. The first-order valence-corrected chi connectivity index (χ1v) is 7.94. The van der Waals surface area contributed by atoms with E-state index < -0.39 is 0 Å². The van der Waals surface area contributed by atoms with Gasteiger partial charge in [-0.1, -0.05) is 41.9 Å². The number of nitrogens with two attached hydrogens (primary N) is 1. The Morgan fingerprint density at radius 1 is 1.00 bits per heavy atom. The zero-order valence-corrected chi connectivity index (χ0v) is 12.4. The Balaban J connectivity index is 1.67. The SMILES string of the molecule is Nc1ccc(CCCSCc2ccccc2Cl)cc1. The van der Waals surface area contributed by atoms with E-state index in [1.54, 1.807) is 0 Å². The molecule has 0 aliphatic carbocycles. The number of aryl methyl sites for hydroxylation is 1. The first-order valence-electron chi connectivity index (χ1n) is 6.41. The van der Waals surface area contributed by atoms with E-state index in [-0.39, 0.29) is 0 Å². The third-order valence-corrected chi connectivity index (χ3v) is 4.41. The van der Waals surface area contributed by atoms with Crippen LogP contribution < -0.4 is 5.73 Å². The van der Waals surface area contributed by atoms with Crippen molar-refractivity contribution in [1.29, 1.82) is 0 Å². The van der Waals surface area contributed by atoms with Crippen molar-refractivity contribution in [2.45, 2.75) is 18.6 Å². The molecule has 0 atom stereocenters. The van der Waals surface area contributed by atoms with Crippen molar-refractivity contribution < 1.29 is 0 Å². The van der Waals surface area contributed by atoms with Gasteiger partial charge in [0.25, 0.3) is 0 Å². The highest BCUT2D eigenvalue weighted by Gasteiger charge is 1.99. The molecule has 0 saturated carbocycles. The third-order valence-electron chi connectivity index (χ3n) is 2.95. The number of thioether (sulfide) groups is 1. The first-order chi connectivity index (χ1) is 9.25. The number of anilines is 1. The van der Waals surface area contributed by atoms with E-state index in [4.69, 9.17) is 17.3 Å². The molecule has 0 saturated heterocycles. The van der Waals surface area contributed by atoms with Crippen LogP contribution in [0.4, 0.5) is 5.69 Å². The van der Waals surface area contributed by atoms with Gasteiger partial charge in [0, 0.05) is 16.5 Å². The maximum absolute atomic E-state index is 6.12. The van der Waals surface area contributed by atoms with E-state index in [0.717, 1.165) is 28.6 Å². The summed E-state index contributed by atoms with van der Waals surface area (Å²) in [5.41, 5.74) is 9.07.